The predicted octanol–water partition coefficient (Wildman–Crippen LogP) is 4.41. The van der Waals surface area contributed by atoms with Gasteiger partial charge in [-0.1, -0.05) is 63.3 Å². The van der Waals surface area contributed by atoms with Gasteiger partial charge in [0.2, 0.25) is 5.78 Å². The molecule has 0 saturated heterocycles. The average molecular weight is 242 g/mol. The Balaban J connectivity index is 2.27. The number of rotatable bonds is 8. The molecule has 0 amide bonds. The summed E-state index contributed by atoms with van der Waals surface area (Å²) in [4.78, 5) is 11.2. The Morgan fingerprint density at radius 3 is 2.28 bits per heavy atom. The number of benzene rings is 1. The minimum Gasteiger partial charge on any atom is -0.279 e. The molecule has 0 aromatic heterocycles. The molecule has 0 bridgehead atoms. The Morgan fingerprint density at radius 1 is 1.06 bits per heavy atom. The third-order valence-electron chi connectivity index (χ3n) is 3.17. The van der Waals surface area contributed by atoms with Gasteiger partial charge in [0.05, 0.1) is 0 Å². The van der Waals surface area contributed by atoms with Crippen molar-refractivity contribution in [3.8, 4) is 12.3 Å². The Labute approximate surface area is 111 Å². The number of unbranched alkanes of at least 4 members (excludes halogenated alkanes) is 5. The molecule has 0 fully saturated rings. The van der Waals surface area contributed by atoms with E-state index >= 15 is 0 Å². The number of hydrogen-bond acceptors (Lipinski definition) is 1. The SMILES string of the molecule is C#CC(=O)c1ccc(CCCCCCCC)cc1. The first-order valence-electron chi connectivity index (χ1n) is 6.87. The first kappa shape index (κ1) is 14.5. The first-order valence-corrected chi connectivity index (χ1v) is 6.87. The summed E-state index contributed by atoms with van der Waals surface area (Å²) in [6, 6.07) is 7.68. The fourth-order valence-corrected chi connectivity index (χ4v) is 2.02. The van der Waals surface area contributed by atoms with Crippen LogP contribution in [0.15, 0.2) is 24.3 Å². The number of Topliss-reactive ketones (excluding diaryl/α,β-unsaturated/α-hetero) is 1. The second-order valence-electron chi connectivity index (χ2n) is 4.69. The molecule has 1 heteroatoms. The van der Waals surface area contributed by atoms with Crippen LogP contribution in [0, 0.1) is 12.3 Å². The van der Waals surface area contributed by atoms with Crippen molar-refractivity contribution in [1.82, 2.24) is 0 Å². The fraction of sp³-hybridized carbons (Fsp3) is 0.471. The lowest BCUT2D eigenvalue weighted by Gasteiger charge is -2.02. The molecule has 96 valence electrons. The molecule has 1 aromatic carbocycles. The third kappa shape index (κ3) is 5.19. The van der Waals surface area contributed by atoms with Crippen molar-refractivity contribution in [3.05, 3.63) is 35.4 Å². The molecule has 0 atom stereocenters. The van der Waals surface area contributed by atoms with Gasteiger partial charge in [-0.3, -0.25) is 4.79 Å². The summed E-state index contributed by atoms with van der Waals surface area (Å²) in [5.41, 5.74) is 1.91. The lowest BCUT2D eigenvalue weighted by Crippen LogP contribution is -1.95. The highest BCUT2D eigenvalue weighted by molar-refractivity contribution is 6.08. The minimum absolute atomic E-state index is 0.235. The second-order valence-corrected chi connectivity index (χ2v) is 4.69. The van der Waals surface area contributed by atoms with E-state index in [0.29, 0.717) is 5.56 Å². The molecule has 0 saturated carbocycles. The average Bonchev–Trinajstić information content (AvgIpc) is 2.42. The molecular weight excluding hydrogens is 220 g/mol. The molecule has 0 aliphatic heterocycles. The number of ketones is 1. The number of hydrogen-bond donors (Lipinski definition) is 0. The van der Waals surface area contributed by atoms with Crippen LogP contribution in [0.4, 0.5) is 0 Å². The highest BCUT2D eigenvalue weighted by atomic mass is 16.1. The Kier molecular flexibility index (Phi) is 6.87. The van der Waals surface area contributed by atoms with Gasteiger partial charge in [-0.15, -0.1) is 6.42 Å². The Hall–Kier alpha value is -1.55. The second kappa shape index (κ2) is 8.53. The lowest BCUT2D eigenvalue weighted by atomic mass is 10.0. The van der Waals surface area contributed by atoms with Gasteiger partial charge in [-0.05, 0) is 24.3 Å². The molecule has 0 radical (unpaired) electrons. The van der Waals surface area contributed by atoms with Gasteiger partial charge in [0.15, 0.2) is 0 Å². The highest BCUT2D eigenvalue weighted by Crippen LogP contribution is 2.11. The maximum atomic E-state index is 11.2. The Bertz CT molecular complexity index is 395. The van der Waals surface area contributed by atoms with Gasteiger partial charge in [-0.2, -0.15) is 0 Å². The molecule has 1 rings (SSSR count). The molecule has 0 unspecified atom stereocenters. The van der Waals surface area contributed by atoms with Gasteiger partial charge >= 0.3 is 0 Å². The van der Waals surface area contributed by atoms with Crippen molar-refractivity contribution >= 4 is 5.78 Å². The van der Waals surface area contributed by atoms with E-state index in [9.17, 15) is 4.79 Å². The van der Waals surface area contributed by atoms with Gasteiger partial charge in [0.1, 0.15) is 0 Å². The van der Waals surface area contributed by atoms with Crippen LogP contribution >= 0.6 is 0 Å². The summed E-state index contributed by atoms with van der Waals surface area (Å²) in [6.45, 7) is 2.24. The number of terminal acetylenes is 1. The van der Waals surface area contributed by atoms with Crippen molar-refractivity contribution in [3.63, 3.8) is 0 Å². The van der Waals surface area contributed by atoms with E-state index in [2.05, 4.69) is 12.8 Å². The summed E-state index contributed by atoms with van der Waals surface area (Å²) in [5, 5.41) is 0. The maximum absolute atomic E-state index is 11.2. The van der Waals surface area contributed by atoms with Crippen LogP contribution in [0.25, 0.3) is 0 Å². The predicted molar refractivity (Wildman–Crippen MR) is 76.7 cm³/mol. The van der Waals surface area contributed by atoms with Crippen molar-refractivity contribution in [2.24, 2.45) is 0 Å². The summed E-state index contributed by atoms with van der Waals surface area (Å²) in [7, 11) is 0. The molecule has 1 aromatic rings. The van der Waals surface area contributed by atoms with E-state index in [1.54, 1.807) is 0 Å². The molecule has 0 spiro atoms. The zero-order valence-corrected chi connectivity index (χ0v) is 11.2. The van der Waals surface area contributed by atoms with E-state index in [1.165, 1.54) is 44.1 Å². The van der Waals surface area contributed by atoms with E-state index < -0.39 is 0 Å². The van der Waals surface area contributed by atoms with E-state index in [-0.39, 0.29) is 5.78 Å². The first-order chi connectivity index (χ1) is 8.77. The zero-order chi connectivity index (χ0) is 13.2. The van der Waals surface area contributed by atoms with Crippen molar-refractivity contribution in [2.45, 2.75) is 51.9 Å². The summed E-state index contributed by atoms with van der Waals surface area (Å²) >= 11 is 0. The van der Waals surface area contributed by atoms with Crippen molar-refractivity contribution in [1.29, 1.82) is 0 Å². The summed E-state index contributed by atoms with van der Waals surface area (Å²) in [5.74, 6) is 1.90. The maximum Gasteiger partial charge on any atom is 0.235 e. The van der Waals surface area contributed by atoms with Crippen LogP contribution in [0.3, 0.4) is 0 Å². The molecule has 0 N–H and O–H groups in total. The number of carbonyl (C=O) groups excluding carboxylic acids is 1. The quantitative estimate of drug-likeness (QED) is 0.286. The smallest absolute Gasteiger partial charge is 0.235 e. The van der Waals surface area contributed by atoms with Crippen LogP contribution in [0.1, 0.15) is 61.4 Å². The normalized spacial score (nSPS) is 10.0. The van der Waals surface area contributed by atoms with Gasteiger partial charge in [-0.25, -0.2) is 0 Å². The van der Waals surface area contributed by atoms with Gasteiger partial charge in [0.25, 0.3) is 0 Å². The van der Waals surface area contributed by atoms with E-state index in [1.807, 2.05) is 24.3 Å². The molecule has 0 aliphatic carbocycles. The van der Waals surface area contributed by atoms with E-state index in [4.69, 9.17) is 6.42 Å². The molecular formula is C17H22O. The lowest BCUT2D eigenvalue weighted by molar-refractivity contribution is 0.105. The van der Waals surface area contributed by atoms with Crippen LogP contribution in [-0.4, -0.2) is 5.78 Å². The number of carbonyl (C=O) groups is 1. The minimum atomic E-state index is -0.235. The summed E-state index contributed by atoms with van der Waals surface area (Å²) in [6.07, 6.45) is 14.0. The van der Waals surface area contributed by atoms with Gasteiger partial charge in [0, 0.05) is 5.56 Å². The van der Waals surface area contributed by atoms with E-state index in [0.717, 1.165) is 6.42 Å². The van der Waals surface area contributed by atoms with Crippen molar-refractivity contribution in [2.75, 3.05) is 0 Å². The van der Waals surface area contributed by atoms with Crippen LogP contribution < -0.4 is 0 Å². The highest BCUT2D eigenvalue weighted by Gasteiger charge is 2.01. The van der Waals surface area contributed by atoms with Crippen LogP contribution in [0.5, 0.6) is 0 Å². The molecule has 1 nitrogen and oxygen atoms in total. The molecule has 0 heterocycles. The topological polar surface area (TPSA) is 17.1 Å². The van der Waals surface area contributed by atoms with Gasteiger partial charge < -0.3 is 0 Å². The van der Waals surface area contributed by atoms with Crippen LogP contribution in [-0.2, 0) is 6.42 Å². The standard InChI is InChI=1S/C17H22O/c1-3-5-6-7-8-9-10-15-11-13-16(14-12-15)17(18)4-2/h2,11-14H,3,5-10H2,1H3. The van der Waals surface area contributed by atoms with Crippen LogP contribution in [0.2, 0.25) is 0 Å². The molecule has 0 aliphatic rings. The monoisotopic (exact) mass is 242 g/mol. The number of aryl methyl sites for hydroxylation is 1. The Morgan fingerprint density at radius 2 is 1.67 bits per heavy atom. The molecule has 18 heavy (non-hydrogen) atoms. The third-order valence-corrected chi connectivity index (χ3v) is 3.17. The summed E-state index contributed by atoms with van der Waals surface area (Å²) < 4.78 is 0. The zero-order valence-electron chi connectivity index (χ0n) is 11.2. The van der Waals surface area contributed by atoms with Crippen molar-refractivity contribution < 1.29 is 4.79 Å². The fourth-order valence-electron chi connectivity index (χ4n) is 2.02. The largest absolute Gasteiger partial charge is 0.279 e.